The maximum absolute atomic E-state index is 6.13. The Hall–Kier alpha value is -7.37. The molecule has 0 amide bonds. The summed E-state index contributed by atoms with van der Waals surface area (Å²) in [6, 6.07) is 58.7. The SMILES string of the molecule is C1=C(c2ccc(-c3ccc(-c4nc(-c5ccccc5)nc(-c5cccc(-c6ccc7oc8ccccc8c7c6)c5)n4)cc3)cc2)CCc2oc3ccccc3c21. The highest BCUT2D eigenvalue weighted by Gasteiger charge is 2.19. The van der Waals surface area contributed by atoms with Crippen LogP contribution in [0.4, 0.5) is 0 Å². The van der Waals surface area contributed by atoms with Crippen LogP contribution in [0.15, 0.2) is 179 Å². The summed E-state index contributed by atoms with van der Waals surface area (Å²) >= 11 is 0. The van der Waals surface area contributed by atoms with Gasteiger partial charge in [0.1, 0.15) is 22.5 Å². The van der Waals surface area contributed by atoms with Gasteiger partial charge in [0.2, 0.25) is 0 Å². The molecule has 0 radical (unpaired) electrons. The van der Waals surface area contributed by atoms with Crippen LogP contribution < -0.4 is 0 Å². The van der Waals surface area contributed by atoms with E-state index in [-0.39, 0.29) is 0 Å². The van der Waals surface area contributed by atoms with E-state index < -0.39 is 0 Å². The van der Waals surface area contributed by atoms with E-state index in [1.54, 1.807) is 0 Å². The van der Waals surface area contributed by atoms with Gasteiger partial charge in [-0.3, -0.25) is 0 Å². The fourth-order valence-electron chi connectivity index (χ4n) is 7.96. The molecule has 56 heavy (non-hydrogen) atoms. The van der Waals surface area contributed by atoms with E-state index in [1.165, 1.54) is 22.1 Å². The predicted octanol–water partition coefficient (Wildman–Crippen LogP) is 13.3. The van der Waals surface area contributed by atoms with Crippen molar-refractivity contribution in [1.82, 2.24) is 15.0 Å². The van der Waals surface area contributed by atoms with Gasteiger partial charge in [-0.05, 0) is 76.2 Å². The van der Waals surface area contributed by atoms with Crippen LogP contribution in [0, 0.1) is 0 Å². The van der Waals surface area contributed by atoms with E-state index in [0.717, 1.165) is 85.1 Å². The Kier molecular flexibility index (Phi) is 7.56. The molecule has 3 heterocycles. The smallest absolute Gasteiger partial charge is 0.164 e. The van der Waals surface area contributed by atoms with Crippen LogP contribution in [0.1, 0.15) is 23.3 Å². The molecule has 5 heteroatoms. The molecule has 0 atom stereocenters. The molecule has 0 bridgehead atoms. The van der Waals surface area contributed by atoms with Crippen molar-refractivity contribution in [2.45, 2.75) is 12.8 Å². The van der Waals surface area contributed by atoms with Gasteiger partial charge in [0.25, 0.3) is 0 Å². The second kappa shape index (κ2) is 13.2. The molecule has 1 aliphatic carbocycles. The van der Waals surface area contributed by atoms with Crippen LogP contribution in [0.2, 0.25) is 0 Å². The summed E-state index contributed by atoms with van der Waals surface area (Å²) in [6.07, 6.45) is 4.18. The largest absolute Gasteiger partial charge is 0.460 e. The third-order valence-corrected chi connectivity index (χ3v) is 10.9. The first-order valence-corrected chi connectivity index (χ1v) is 19.0. The highest BCUT2D eigenvalue weighted by atomic mass is 16.3. The number of allylic oxidation sites excluding steroid dienone is 1. The molecular weight excluding hydrogens is 687 g/mol. The minimum atomic E-state index is 0.623. The van der Waals surface area contributed by atoms with Gasteiger partial charge in [0, 0.05) is 44.8 Å². The van der Waals surface area contributed by atoms with Crippen molar-refractivity contribution in [3.63, 3.8) is 0 Å². The van der Waals surface area contributed by atoms with Crippen LogP contribution in [0.3, 0.4) is 0 Å². The van der Waals surface area contributed by atoms with E-state index in [1.807, 2.05) is 60.7 Å². The fraction of sp³-hybridized carbons (Fsp3) is 0.0392. The number of aryl methyl sites for hydroxylation is 1. The van der Waals surface area contributed by atoms with Crippen molar-refractivity contribution >= 4 is 44.6 Å². The van der Waals surface area contributed by atoms with E-state index in [2.05, 4.69) is 115 Å². The van der Waals surface area contributed by atoms with Crippen molar-refractivity contribution in [3.8, 4) is 56.4 Å². The van der Waals surface area contributed by atoms with Crippen molar-refractivity contribution in [2.75, 3.05) is 0 Å². The van der Waals surface area contributed by atoms with Gasteiger partial charge in [0.15, 0.2) is 17.5 Å². The molecule has 0 saturated carbocycles. The first-order chi connectivity index (χ1) is 27.7. The first kappa shape index (κ1) is 32.1. The Balaban J connectivity index is 0.913. The van der Waals surface area contributed by atoms with Crippen LogP contribution in [-0.2, 0) is 6.42 Å². The zero-order chi connectivity index (χ0) is 37.0. The molecule has 5 nitrogen and oxygen atoms in total. The molecule has 10 aromatic rings. The number of rotatable bonds is 6. The Bertz CT molecular complexity index is 3120. The maximum Gasteiger partial charge on any atom is 0.164 e. The van der Waals surface area contributed by atoms with Crippen molar-refractivity contribution in [3.05, 3.63) is 187 Å². The zero-order valence-electron chi connectivity index (χ0n) is 30.3. The number of hydrogen-bond donors (Lipinski definition) is 0. The summed E-state index contributed by atoms with van der Waals surface area (Å²) in [4.78, 5) is 15.1. The average Bonchev–Trinajstić information content (AvgIpc) is 3.84. The maximum atomic E-state index is 6.13. The van der Waals surface area contributed by atoms with Crippen LogP contribution in [0.5, 0.6) is 0 Å². The Morgan fingerprint density at radius 3 is 1.61 bits per heavy atom. The van der Waals surface area contributed by atoms with E-state index >= 15 is 0 Å². The normalized spacial score (nSPS) is 12.6. The molecule has 0 aliphatic heterocycles. The summed E-state index contributed by atoms with van der Waals surface area (Å²) < 4.78 is 12.2. The molecule has 3 aromatic heterocycles. The van der Waals surface area contributed by atoms with Crippen molar-refractivity contribution in [1.29, 1.82) is 0 Å². The highest BCUT2D eigenvalue weighted by molar-refractivity contribution is 6.06. The number of hydrogen-bond acceptors (Lipinski definition) is 5. The number of aromatic nitrogens is 3. The van der Waals surface area contributed by atoms with Gasteiger partial charge < -0.3 is 8.83 Å². The summed E-state index contributed by atoms with van der Waals surface area (Å²) in [6.45, 7) is 0. The minimum absolute atomic E-state index is 0.623. The van der Waals surface area contributed by atoms with Gasteiger partial charge in [-0.25, -0.2) is 15.0 Å². The van der Waals surface area contributed by atoms with Crippen LogP contribution in [0.25, 0.3) is 101 Å². The quantitative estimate of drug-likeness (QED) is 0.171. The molecule has 0 N–H and O–H groups in total. The van der Waals surface area contributed by atoms with Crippen LogP contribution >= 0.6 is 0 Å². The van der Waals surface area contributed by atoms with E-state index in [4.69, 9.17) is 23.8 Å². The van der Waals surface area contributed by atoms with Gasteiger partial charge >= 0.3 is 0 Å². The van der Waals surface area contributed by atoms with E-state index in [0.29, 0.717) is 17.5 Å². The number of benzene rings is 7. The lowest BCUT2D eigenvalue weighted by atomic mass is 9.90. The zero-order valence-corrected chi connectivity index (χ0v) is 30.3. The Morgan fingerprint density at radius 1 is 0.339 bits per heavy atom. The lowest BCUT2D eigenvalue weighted by Crippen LogP contribution is -2.00. The summed E-state index contributed by atoms with van der Waals surface area (Å²) in [5.74, 6) is 2.97. The van der Waals surface area contributed by atoms with Gasteiger partial charge in [0.05, 0.1) is 0 Å². The molecular formula is C51H33N3O2. The lowest BCUT2D eigenvalue weighted by Gasteiger charge is -2.14. The molecule has 0 fully saturated rings. The van der Waals surface area contributed by atoms with Gasteiger partial charge in [-0.15, -0.1) is 0 Å². The van der Waals surface area contributed by atoms with Gasteiger partial charge in [-0.1, -0.05) is 140 Å². The lowest BCUT2D eigenvalue weighted by molar-refractivity contribution is 0.548. The third kappa shape index (κ3) is 5.69. The first-order valence-electron chi connectivity index (χ1n) is 19.0. The molecule has 11 rings (SSSR count). The second-order valence-corrected chi connectivity index (χ2v) is 14.3. The number of furan rings is 2. The monoisotopic (exact) mass is 719 g/mol. The number of nitrogens with zero attached hydrogens (tertiary/aromatic N) is 3. The number of fused-ring (bicyclic) bond motifs is 6. The Morgan fingerprint density at radius 2 is 0.857 bits per heavy atom. The standard InChI is InChI=1S/C51H33N3O2/c1-2-9-35(10-3-1)49-52-50(54-51(53-49)40-12-8-11-37(29-40)39-26-28-48-44(31-39)42-14-5-7-16-46(42)56-48)36-23-21-33(22-24-36)32-17-19-34(20-18-32)38-25-27-47-43(30-38)41-13-4-6-15-45(41)55-47/h1-24,26,28-31H,25,27H2. The molecule has 264 valence electrons. The van der Waals surface area contributed by atoms with Crippen molar-refractivity contribution in [2.24, 2.45) is 0 Å². The predicted molar refractivity (Wildman–Crippen MR) is 227 cm³/mol. The average molecular weight is 720 g/mol. The highest BCUT2D eigenvalue weighted by Crippen LogP contribution is 2.38. The minimum Gasteiger partial charge on any atom is -0.460 e. The molecule has 7 aromatic carbocycles. The van der Waals surface area contributed by atoms with Gasteiger partial charge in [-0.2, -0.15) is 0 Å². The summed E-state index contributed by atoms with van der Waals surface area (Å²) in [5.41, 5.74) is 13.8. The number of para-hydroxylation sites is 2. The third-order valence-electron chi connectivity index (χ3n) is 10.9. The fourth-order valence-corrected chi connectivity index (χ4v) is 7.96. The summed E-state index contributed by atoms with van der Waals surface area (Å²) in [5, 5.41) is 3.39. The molecule has 0 spiro atoms. The molecule has 1 aliphatic rings. The van der Waals surface area contributed by atoms with Crippen LogP contribution in [-0.4, -0.2) is 15.0 Å². The second-order valence-electron chi connectivity index (χ2n) is 14.3. The van der Waals surface area contributed by atoms with Crippen molar-refractivity contribution < 1.29 is 8.83 Å². The Labute approximate surface area is 323 Å². The molecule has 0 unspecified atom stereocenters. The molecule has 0 saturated heterocycles. The van der Waals surface area contributed by atoms with E-state index in [9.17, 15) is 0 Å². The summed E-state index contributed by atoms with van der Waals surface area (Å²) in [7, 11) is 0. The topological polar surface area (TPSA) is 65.0 Å².